The Balaban J connectivity index is 0.887. The molecule has 1 aliphatic carbocycles. The summed E-state index contributed by atoms with van der Waals surface area (Å²) in [6.45, 7) is 6.71. The van der Waals surface area contributed by atoms with Crippen molar-refractivity contribution in [2.45, 2.75) is 31.6 Å². The van der Waals surface area contributed by atoms with Gasteiger partial charge in [-0.25, -0.2) is 0 Å². The van der Waals surface area contributed by atoms with Gasteiger partial charge in [-0.3, -0.25) is 0 Å². The third-order valence-corrected chi connectivity index (χ3v) is 20.6. The number of ether oxygens (including phenoxy) is 1. The smallest absolute Gasteiger partial charge is 0.256 e. The minimum atomic E-state index is -0.708. The van der Waals surface area contributed by atoms with Crippen LogP contribution < -0.4 is 26.0 Å². The largest absolute Gasteiger partial charge is 0.458 e. The molecule has 3 aliphatic rings. The van der Waals surface area contributed by atoms with E-state index in [4.69, 9.17) is 4.74 Å². The van der Waals surface area contributed by atoms with Gasteiger partial charge in [0.2, 0.25) is 0 Å². The number of aromatic nitrogens is 2. The van der Waals surface area contributed by atoms with Crippen LogP contribution >= 0.6 is 0 Å². The van der Waals surface area contributed by atoms with Crippen LogP contribution in [0.15, 0.2) is 322 Å². The SMILES string of the molecule is CC(C)(C)c1ccc(N2c3ccc(-c4cccc(-n5c6ccccc6c6ccccc65)c4)cc3B3c4cc(-c5cccc(-n6c7ccccc7c7ccccc76)c5)ccc4Oc4cc(C5(c6ccccc6)c6ccccc6-c6ccccc65)cc2c43)c(-c2ccccc2)c1. The quantitative estimate of drug-likeness (QED) is 0.142. The Labute approximate surface area is 547 Å². The van der Waals surface area contributed by atoms with Crippen LogP contribution in [-0.4, -0.2) is 15.8 Å². The van der Waals surface area contributed by atoms with Gasteiger partial charge >= 0.3 is 0 Å². The lowest BCUT2D eigenvalue weighted by Gasteiger charge is -2.43. The first kappa shape index (κ1) is 54.1. The zero-order chi connectivity index (χ0) is 62.4. The molecule has 0 N–H and O–H groups in total. The second-order valence-corrected chi connectivity index (χ2v) is 26.7. The van der Waals surface area contributed by atoms with Crippen molar-refractivity contribution in [3.8, 4) is 67.4 Å². The molecule has 0 unspecified atom stereocenters. The zero-order valence-corrected chi connectivity index (χ0v) is 52.4. The number of rotatable bonds is 8. The molecule has 0 fully saturated rings. The number of hydrogen-bond donors (Lipinski definition) is 0. The molecule has 0 radical (unpaired) electrons. The minimum Gasteiger partial charge on any atom is -0.458 e. The van der Waals surface area contributed by atoms with E-state index < -0.39 is 5.41 Å². The molecule has 14 aromatic carbocycles. The number of para-hydroxylation sites is 4. The third kappa shape index (κ3) is 8.01. The Morgan fingerprint density at radius 3 is 1.35 bits per heavy atom. The molecule has 94 heavy (non-hydrogen) atoms. The van der Waals surface area contributed by atoms with E-state index in [2.05, 4.69) is 356 Å². The molecule has 4 heterocycles. The van der Waals surface area contributed by atoms with Crippen molar-refractivity contribution in [2.24, 2.45) is 0 Å². The Bertz CT molecular complexity index is 5640. The number of fused-ring (bicyclic) bond motifs is 13. The summed E-state index contributed by atoms with van der Waals surface area (Å²) in [5.74, 6) is 1.70. The summed E-state index contributed by atoms with van der Waals surface area (Å²) >= 11 is 0. The normalized spacial score (nSPS) is 13.4. The van der Waals surface area contributed by atoms with E-state index >= 15 is 0 Å². The van der Waals surface area contributed by atoms with E-state index in [1.165, 1.54) is 82.5 Å². The molecule has 2 aromatic heterocycles. The monoisotopic (exact) mass is 1200 g/mol. The lowest BCUT2D eigenvalue weighted by atomic mass is 9.34. The van der Waals surface area contributed by atoms with Gasteiger partial charge in [-0.1, -0.05) is 257 Å². The van der Waals surface area contributed by atoms with Crippen molar-refractivity contribution < 1.29 is 4.74 Å². The molecule has 0 atom stereocenters. The molecule has 5 heteroatoms. The fraction of sp³-hybridized carbons (Fsp3) is 0.0562. The van der Waals surface area contributed by atoms with Gasteiger partial charge in [-0.05, 0) is 173 Å². The average Bonchev–Trinajstić information content (AvgIpc) is 1.28. The molecule has 4 nitrogen and oxygen atoms in total. The van der Waals surface area contributed by atoms with Crippen LogP contribution in [0.3, 0.4) is 0 Å². The van der Waals surface area contributed by atoms with Crippen molar-refractivity contribution in [1.29, 1.82) is 0 Å². The second kappa shape index (κ2) is 20.7. The second-order valence-electron chi connectivity index (χ2n) is 26.7. The predicted molar refractivity (Wildman–Crippen MR) is 393 cm³/mol. The van der Waals surface area contributed by atoms with E-state index in [1.807, 2.05) is 0 Å². The first-order chi connectivity index (χ1) is 46.3. The van der Waals surface area contributed by atoms with Crippen molar-refractivity contribution >= 4 is 83.8 Å². The fourth-order valence-corrected chi connectivity index (χ4v) is 16.4. The molecular weight excluding hydrogens is 1140 g/mol. The maximum Gasteiger partial charge on any atom is 0.256 e. The van der Waals surface area contributed by atoms with Crippen LogP contribution in [0, 0.1) is 0 Å². The van der Waals surface area contributed by atoms with E-state index in [0.717, 1.165) is 89.8 Å². The van der Waals surface area contributed by atoms with Crippen molar-refractivity contribution in [1.82, 2.24) is 9.13 Å². The van der Waals surface area contributed by atoms with E-state index in [0.29, 0.717) is 0 Å². The van der Waals surface area contributed by atoms with Gasteiger partial charge < -0.3 is 18.8 Å². The van der Waals surface area contributed by atoms with Crippen LogP contribution in [0.2, 0.25) is 0 Å². The minimum absolute atomic E-state index is 0.113. The van der Waals surface area contributed by atoms with Gasteiger partial charge in [-0.15, -0.1) is 0 Å². The van der Waals surface area contributed by atoms with Gasteiger partial charge in [0, 0.05) is 49.9 Å². The molecule has 0 bridgehead atoms. The third-order valence-electron chi connectivity index (χ3n) is 20.6. The van der Waals surface area contributed by atoms with Crippen molar-refractivity contribution in [3.63, 3.8) is 0 Å². The van der Waals surface area contributed by atoms with Gasteiger partial charge in [0.1, 0.15) is 11.5 Å². The van der Waals surface area contributed by atoms with Crippen LogP contribution in [0.25, 0.3) is 99.5 Å². The van der Waals surface area contributed by atoms with Crippen LogP contribution in [0.4, 0.5) is 17.1 Å². The van der Waals surface area contributed by atoms with Crippen LogP contribution in [0.1, 0.15) is 48.6 Å². The topological polar surface area (TPSA) is 22.3 Å². The summed E-state index contributed by atoms with van der Waals surface area (Å²) in [7, 11) is 0. The Morgan fingerprint density at radius 1 is 0.319 bits per heavy atom. The number of benzene rings is 14. The average molecular weight is 1200 g/mol. The highest BCUT2D eigenvalue weighted by atomic mass is 16.5. The van der Waals surface area contributed by atoms with Gasteiger partial charge in [0.15, 0.2) is 0 Å². The molecule has 0 saturated carbocycles. The lowest BCUT2D eigenvalue weighted by molar-refractivity contribution is 0.486. The summed E-state index contributed by atoms with van der Waals surface area (Å²) in [6, 6.07) is 120. The zero-order valence-electron chi connectivity index (χ0n) is 52.4. The highest BCUT2D eigenvalue weighted by Gasteiger charge is 2.49. The molecule has 0 saturated heterocycles. The molecule has 16 aromatic rings. The van der Waals surface area contributed by atoms with E-state index in [9.17, 15) is 0 Å². The van der Waals surface area contributed by atoms with Crippen molar-refractivity contribution in [3.05, 3.63) is 349 Å². The maximum atomic E-state index is 7.74. The van der Waals surface area contributed by atoms with E-state index in [-0.39, 0.29) is 12.1 Å². The summed E-state index contributed by atoms with van der Waals surface area (Å²) in [4.78, 5) is 2.60. The highest BCUT2D eigenvalue weighted by molar-refractivity contribution is 6.99. The summed E-state index contributed by atoms with van der Waals surface area (Å²) < 4.78 is 12.6. The standard InChI is InChI=1S/C89H62BN3O/c1-88(2,3)63-46-48-82(73(54-63)57-24-6-4-7-25-57)93-83-47-44-60(58-26-22-30-65(50-58)91-78-40-18-12-34-69(78)70-35-13-19-41-79(70)91)52-76(83)90-77-53-61(59-27-23-31-66(51-59)92-80-42-20-14-36-71(80)72-37-15-21-43-81(72)92)45-49-85(77)94-86-56-64(55-84(93)87(86)90)89(62-28-8-5-9-29-62)74-38-16-10-32-67(74)68-33-11-17-39-75(68)89/h4-56H,1-3H3. The molecule has 0 spiro atoms. The van der Waals surface area contributed by atoms with Gasteiger partial charge in [-0.2, -0.15) is 0 Å². The summed E-state index contributed by atoms with van der Waals surface area (Å²) in [5, 5.41) is 4.97. The summed E-state index contributed by atoms with van der Waals surface area (Å²) in [6.07, 6.45) is 0. The number of hydrogen-bond acceptors (Lipinski definition) is 2. The maximum absolute atomic E-state index is 7.74. The van der Waals surface area contributed by atoms with E-state index in [1.54, 1.807) is 0 Å². The molecule has 19 rings (SSSR count). The first-order valence-corrected chi connectivity index (χ1v) is 32.8. The fourth-order valence-electron chi connectivity index (χ4n) is 16.4. The molecular formula is C89H62BN3O. The molecule has 0 amide bonds. The summed E-state index contributed by atoms with van der Waals surface area (Å²) in [5.41, 5.74) is 28.4. The van der Waals surface area contributed by atoms with Gasteiger partial charge in [0.05, 0.1) is 33.2 Å². The first-order valence-electron chi connectivity index (χ1n) is 32.8. The molecule has 2 aliphatic heterocycles. The van der Waals surface area contributed by atoms with Crippen LogP contribution in [-0.2, 0) is 10.8 Å². The number of anilines is 3. The Kier molecular flexibility index (Phi) is 11.9. The molecule has 442 valence electrons. The Hall–Kier alpha value is -11.7. The van der Waals surface area contributed by atoms with Crippen LogP contribution in [0.5, 0.6) is 11.5 Å². The number of nitrogens with zero attached hydrogens (tertiary/aromatic N) is 3. The van der Waals surface area contributed by atoms with Gasteiger partial charge in [0.25, 0.3) is 6.71 Å². The van der Waals surface area contributed by atoms with Crippen molar-refractivity contribution in [2.75, 3.05) is 4.90 Å². The Morgan fingerprint density at radius 2 is 0.787 bits per heavy atom. The predicted octanol–water partition coefficient (Wildman–Crippen LogP) is 20.9. The highest BCUT2D eigenvalue weighted by Crippen LogP contribution is 2.58. The lowest BCUT2D eigenvalue weighted by Crippen LogP contribution is -2.59.